The first-order valence-electron chi connectivity index (χ1n) is 6.25. The Morgan fingerprint density at radius 3 is 2.90 bits per heavy atom. The molecule has 0 aliphatic carbocycles. The number of carbonyl (C=O) groups is 1. The highest BCUT2D eigenvalue weighted by Crippen LogP contribution is 2.25. The van der Waals surface area contributed by atoms with Gasteiger partial charge in [0.05, 0.1) is 19.3 Å². The maximum Gasteiger partial charge on any atom is 0.277 e. The minimum absolute atomic E-state index is 0.202. The van der Waals surface area contributed by atoms with Gasteiger partial charge in [0.1, 0.15) is 11.5 Å². The van der Waals surface area contributed by atoms with Gasteiger partial charge < -0.3 is 20.3 Å². The van der Waals surface area contributed by atoms with Crippen molar-refractivity contribution in [3.8, 4) is 17.6 Å². The van der Waals surface area contributed by atoms with E-state index in [0.29, 0.717) is 17.2 Å². The van der Waals surface area contributed by atoms with Crippen LogP contribution in [0.3, 0.4) is 0 Å². The molecule has 6 nitrogen and oxygen atoms in total. The zero-order valence-corrected chi connectivity index (χ0v) is 11.8. The highest BCUT2D eigenvalue weighted by molar-refractivity contribution is 6.03. The number of hydrogen-bond donors (Lipinski definition) is 2. The molecular formula is C15H15N3O3. The van der Waals surface area contributed by atoms with Crippen LogP contribution in [0.4, 0.5) is 5.69 Å². The van der Waals surface area contributed by atoms with Crippen LogP contribution in [0.25, 0.3) is 0 Å². The summed E-state index contributed by atoms with van der Waals surface area (Å²) in [5, 5.41) is 6.39. The molecule has 1 aromatic carbocycles. The Bertz CT molecular complexity index is 710. The van der Waals surface area contributed by atoms with Crippen LogP contribution in [-0.2, 0) is 0 Å². The van der Waals surface area contributed by atoms with E-state index in [2.05, 4.69) is 22.3 Å². The van der Waals surface area contributed by atoms with Crippen molar-refractivity contribution < 1.29 is 14.1 Å². The summed E-state index contributed by atoms with van der Waals surface area (Å²) in [7, 11) is 1.52. The number of amides is 1. The van der Waals surface area contributed by atoms with Crippen LogP contribution in [0.5, 0.6) is 5.75 Å². The number of carbonyl (C=O) groups excluding carboxylic acids is 1. The molecule has 1 amide bonds. The molecule has 21 heavy (non-hydrogen) atoms. The standard InChI is InChI=1S/C15H15N3O3/c1-10-8-13(18-21-10)15(19)17-12-9-11(4-3-7-16)5-6-14(12)20-2/h5-6,8-9H,7,16H2,1-2H3,(H,17,19). The van der Waals surface area contributed by atoms with Gasteiger partial charge in [-0.25, -0.2) is 0 Å². The maximum atomic E-state index is 12.1. The second-order valence-electron chi connectivity index (χ2n) is 4.20. The van der Waals surface area contributed by atoms with E-state index in [1.165, 1.54) is 7.11 Å². The van der Waals surface area contributed by atoms with Gasteiger partial charge in [-0.3, -0.25) is 4.79 Å². The molecule has 0 aliphatic heterocycles. The Morgan fingerprint density at radius 2 is 2.29 bits per heavy atom. The van der Waals surface area contributed by atoms with E-state index in [9.17, 15) is 4.79 Å². The Kier molecular flexibility index (Phi) is 4.59. The van der Waals surface area contributed by atoms with Crippen molar-refractivity contribution in [2.45, 2.75) is 6.92 Å². The van der Waals surface area contributed by atoms with Crippen molar-refractivity contribution in [3.63, 3.8) is 0 Å². The van der Waals surface area contributed by atoms with E-state index in [1.54, 1.807) is 31.2 Å². The van der Waals surface area contributed by atoms with Crippen LogP contribution in [0.15, 0.2) is 28.8 Å². The largest absolute Gasteiger partial charge is 0.495 e. The second-order valence-corrected chi connectivity index (χ2v) is 4.20. The molecule has 0 bridgehead atoms. The number of nitrogens with one attached hydrogen (secondary N) is 1. The van der Waals surface area contributed by atoms with Crippen LogP contribution in [0, 0.1) is 18.8 Å². The van der Waals surface area contributed by atoms with Crippen molar-refractivity contribution >= 4 is 11.6 Å². The van der Waals surface area contributed by atoms with Crippen molar-refractivity contribution in [1.82, 2.24) is 5.16 Å². The summed E-state index contributed by atoms with van der Waals surface area (Å²) in [4.78, 5) is 12.1. The smallest absolute Gasteiger partial charge is 0.277 e. The number of hydrogen-bond acceptors (Lipinski definition) is 5. The van der Waals surface area contributed by atoms with Gasteiger partial charge in [-0.15, -0.1) is 0 Å². The van der Waals surface area contributed by atoms with Gasteiger partial charge in [-0.2, -0.15) is 0 Å². The van der Waals surface area contributed by atoms with E-state index >= 15 is 0 Å². The fourth-order valence-electron chi connectivity index (χ4n) is 1.70. The fraction of sp³-hybridized carbons (Fsp3) is 0.200. The minimum Gasteiger partial charge on any atom is -0.495 e. The van der Waals surface area contributed by atoms with Crippen molar-refractivity contribution in [2.24, 2.45) is 5.73 Å². The third kappa shape index (κ3) is 3.61. The van der Waals surface area contributed by atoms with E-state index in [0.717, 1.165) is 5.56 Å². The highest BCUT2D eigenvalue weighted by Gasteiger charge is 2.13. The summed E-state index contributed by atoms with van der Waals surface area (Å²) >= 11 is 0. The van der Waals surface area contributed by atoms with E-state index in [-0.39, 0.29) is 18.1 Å². The summed E-state index contributed by atoms with van der Waals surface area (Å²) in [6, 6.07) is 6.79. The number of benzene rings is 1. The number of ether oxygens (including phenoxy) is 1. The molecule has 0 atom stereocenters. The lowest BCUT2D eigenvalue weighted by molar-refractivity contribution is 0.101. The third-order valence-electron chi connectivity index (χ3n) is 2.64. The molecule has 1 aromatic heterocycles. The van der Waals surface area contributed by atoms with Gasteiger partial charge in [0.2, 0.25) is 0 Å². The molecule has 3 N–H and O–H groups in total. The molecule has 0 fully saturated rings. The SMILES string of the molecule is COc1ccc(C#CCN)cc1NC(=O)c1cc(C)on1. The molecule has 6 heteroatoms. The lowest BCUT2D eigenvalue weighted by Gasteiger charge is -2.09. The van der Waals surface area contributed by atoms with Gasteiger partial charge in [0, 0.05) is 11.6 Å². The molecule has 108 valence electrons. The molecule has 0 radical (unpaired) electrons. The Hall–Kier alpha value is -2.78. The average Bonchev–Trinajstić information content (AvgIpc) is 2.92. The topological polar surface area (TPSA) is 90.4 Å². The van der Waals surface area contributed by atoms with Gasteiger partial charge >= 0.3 is 0 Å². The van der Waals surface area contributed by atoms with Crippen molar-refractivity contribution in [3.05, 3.63) is 41.3 Å². The molecule has 0 saturated heterocycles. The zero-order chi connectivity index (χ0) is 15.2. The highest BCUT2D eigenvalue weighted by atomic mass is 16.5. The lowest BCUT2D eigenvalue weighted by Crippen LogP contribution is -2.13. The monoisotopic (exact) mass is 285 g/mol. The normalized spacial score (nSPS) is 9.67. The average molecular weight is 285 g/mol. The number of aromatic nitrogens is 1. The number of rotatable bonds is 3. The molecule has 0 aliphatic rings. The summed E-state index contributed by atoms with van der Waals surface area (Å²) in [6.07, 6.45) is 0. The first kappa shape index (κ1) is 14.6. The number of aryl methyl sites for hydroxylation is 1. The first-order chi connectivity index (χ1) is 10.1. The third-order valence-corrected chi connectivity index (χ3v) is 2.64. The Labute approximate surface area is 122 Å². The van der Waals surface area contributed by atoms with Crippen LogP contribution in [0.2, 0.25) is 0 Å². The van der Waals surface area contributed by atoms with Gasteiger partial charge in [-0.1, -0.05) is 17.0 Å². The lowest BCUT2D eigenvalue weighted by atomic mass is 10.2. The van der Waals surface area contributed by atoms with Crippen LogP contribution in [-0.4, -0.2) is 24.7 Å². The van der Waals surface area contributed by atoms with Crippen LogP contribution >= 0.6 is 0 Å². The minimum atomic E-state index is -0.380. The summed E-state index contributed by atoms with van der Waals surface area (Å²) in [5.41, 5.74) is 6.78. The number of nitrogens with two attached hydrogens (primary N) is 1. The number of methoxy groups -OCH3 is 1. The van der Waals surface area contributed by atoms with Crippen molar-refractivity contribution in [2.75, 3.05) is 19.0 Å². The summed E-state index contributed by atoms with van der Waals surface area (Å²) in [6.45, 7) is 1.99. The fourth-order valence-corrected chi connectivity index (χ4v) is 1.70. The zero-order valence-electron chi connectivity index (χ0n) is 11.8. The van der Waals surface area contributed by atoms with Crippen LogP contribution in [0.1, 0.15) is 21.8 Å². The molecule has 0 spiro atoms. The van der Waals surface area contributed by atoms with Crippen molar-refractivity contribution in [1.29, 1.82) is 0 Å². The summed E-state index contributed by atoms with van der Waals surface area (Å²) in [5.74, 6) is 6.37. The first-order valence-corrected chi connectivity index (χ1v) is 6.25. The van der Waals surface area contributed by atoms with E-state index in [4.69, 9.17) is 15.0 Å². The summed E-state index contributed by atoms with van der Waals surface area (Å²) < 4.78 is 10.1. The Balaban J connectivity index is 2.26. The predicted molar refractivity (Wildman–Crippen MR) is 78.1 cm³/mol. The quantitative estimate of drug-likeness (QED) is 0.835. The number of anilines is 1. The van der Waals surface area contributed by atoms with Crippen LogP contribution < -0.4 is 15.8 Å². The molecule has 0 unspecified atom stereocenters. The molecule has 2 rings (SSSR count). The molecule has 2 aromatic rings. The van der Waals surface area contributed by atoms with E-state index < -0.39 is 0 Å². The number of nitrogens with zero attached hydrogens (tertiary/aromatic N) is 1. The predicted octanol–water partition coefficient (Wildman–Crippen LogP) is 1.55. The molecule has 0 saturated carbocycles. The van der Waals surface area contributed by atoms with E-state index in [1.807, 2.05) is 0 Å². The van der Waals surface area contributed by atoms with Gasteiger partial charge in [0.25, 0.3) is 5.91 Å². The molecule has 1 heterocycles. The Morgan fingerprint density at radius 1 is 1.48 bits per heavy atom. The second kappa shape index (κ2) is 6.59. The maximum absolute atomic E-state index is 12.1. The van der Waals surface area contributed by atoms with Gasteiger partial charge in [0.15, 0.2) is 5.69 Å². The van der Waals surface area contributed by atoms with Gasteiger partial charge in [-0.05, 0) is 25.1 Å². The molecular weight excluding hydrogens is 270 g/mol.